The molecule has 32 heavy (non-hydrogen) atoms. The molecule has 0 aliphatic heterocycles. The van der Waals surface area contributed by atoms with Crippen molar-refractivity contribution in [3.8, 4) is 11.4 Å². The summed E-state index contributed by atoms with van der Waals surface area (Å²) in [6, 6.07) is 14.7. The smallest absolute Gasteiger partial charge is 0.319 e. The van der Waals surface area contributed by atoms with Crippen molar-refractivity contribution in [2.24, 2.45) is 0 Å². The van der Waals surface area contributed by atoms with Gasteiger partial charge in [-0.3, -0.25) is 4.79 Å². The molecule has 3 rings (SSSR count). The number of para-hydroxylation sites is 2. The van der Waals surface area contributed by atoms with E-state index in [1.54, 1.807) is 24.3 Å². The minimum atomic E-state index is -0.332. The van der Waals surface area contributed by atoms with E-state index in [0.717, 1.165) is 5.56 Å². The lowest BCUT2D eigenvalue weighted by Crippen LogP contribution is -2.34. The van der Waals surface area contributed by atoms with Gasteiger partial charge in [-0.05, 0) is 37.5 Å². The van der Waals surface area contributed by atoms with Crippen molar-refractivity contribution < 1.29 is 14.1 Å². The van der Waals surface area contributed by atoms with Gasteiger partial charge >= 0.3 is 6.03 Å². The number of benzene rings is 2. The number of nitrogens with one attached hydrogen (secondary N) is 3. The summed E-state index contributed by atoms with van der Waals surface area (Å²) in [5, 5.41) is 12.3. The van der Waals surface area contributed by atoms with Crippen LogP contribution in [0.1, 0.15) is 51.5 Å². The number of amides is 3. The van der Waals surface area contributed by atoms with Crippen LogP contribution in [-0.4, -0.2) is 28.1 Å². The molecule has 0 spiro atoms. The quantitative estimate of drug-likeness (QED) is 0.463. The maximum atomic E-state index is 12.5. The number of carbonyl (C=O) groups excluding carboxylic acids is 2. The van der Waals surface area contributed by atoms with Gasteiger partial charge in [-0.2, -0.15) is 4.98 Å². The highest BCUT2D eigenvalue weighted by Crippen LogP contribution is 2.22. The maximum absolute atomic E-state index is 12.5. The van der Waals surface area contributed by atoms with Crippen molar-refractivity contribution in [3.05, 3.63) is 60.0 Å². The zero-order chi connectivity index (χ0) is 23.1. The normalized spacial score (nSPS) is 10.9. The predicted octanol–water partition coefficient (Wildman–Crippen LogP) is 4.96. The fourth-order valence-electron chi connectivity index (χ4n) is 3.05. The third kappa shape index (κ3) is 6.41. The van der Waals surface area contributed by atoms with Gasteiger partial charge in [0, 0.05) is 24.4 Å². The molecule has 0 atom stereocenters. The average molecular weight is 436 g/mol. The summed E-state index contributed by atoms with van der Waals surface area (Å²) in [4.78, 5) is 28.8. The molecule has 8 nitrogen and oxygen atoms in total. The van der Waals surface area contributed by atoms with Gasteiger partial charge in [0.05, 0.1) is 11.4 Å². The van der Waals surface area contributed by atoms with Gasteiger partial charge in [0.25, 0.3) is 0 Å². The molecular weight excluding hydrogens is 406 g/mol. The molecule has 1 heterocycles. The van der Waals surface area contributed by atoms with Crippen LogP contribution in [0.4, 0.5) is 16.2 Å². The highest BCUT2D eigenvalue weighted by molar-refractivity contribution is 5.99. The van der Waals surface area contributed by atoms with Crippen LogP contribution < -0.4 is 16.0 Å². The summed E-state index contributed by atoms with van der Waals surface area (Å²) in [6.45, 7) is 8.02. The Bertz CT molecular complexity index is 1060. The lowest BCUT2D eigenvalue weighted by atomic mass is 10.0. The van der Waals surface area contributed by atoms with E-state index in [0.29, 0.717) is 35.4 Å². The topological polar surface area (TPSA) is 109 Å². The van der Waals surface area contributed by atoms with Crippen LogP contribution in [0.25, 0.3) is 11.4 Å². The molecule has 168 valence electrons. The van der Waals surface area contributed by atoms with Crippen LogP contribution in [0.15, 0.2) is 53.1 Å². The average Bonchev–Trinajstić information content (AvgIpc) is 3.22. The van der Waals surface area contributed by atoms with Crippen molar-refractivity contribution in [3.63, 3.8) is 0 Å². The molecule has 0 bridgehead atoms. The Morgan fingerprint density at radius 3 is 2.22 bits per heavy atom. The highest BCUT2D eigenvalue weighted by atomic mass is 16.5. The third-order valence-electron chi connectivity index (χ3n) is 4.74. The molecule has 0 saturated heterocycles. The summed E-state index contributed by atoms with van der Waals surface area (Å²) in [6.07, 6.45) is 0.479. The van der Waals surface area contributed by atoms with E-state index in [2.05, 4.69) is 52.1 Å². The van der Waals surface area contributed by atoms with Crippen molar-refractivity contribution in [2.75, 3.05) is 10.6 Å². The first-order valence-electron chi connectivity index (χ1n) is 10.7. The predicted molar refractivity (Wildman–Crippen MR) is 125 cm³/mol. The summed E-state index contributed by atoms with van der Waals surface area (Å²) in [5.41, 5.74) is 3.15. The third-order valence-corrected chi connectivity index (χ3v) is 4.74. The van der Waals surface area contributed by atoms with Gasteiger partial charge in [0.1, 0.15) is 0 Å². The standard InChI is InChI=1S/C24H29N5O3/c1-15(2)17-9-11-18(12-10-17)23-28-22(32-29-23)14-13-21(30)26-19-7-5-6-8-20(19)27-24(31)25-16(3)4/h5-12,15-16H,13-14H2,1-4H3,(H,26,30)(H2,25,27,31). The van der Waals surface area contributed by atoms with Crippen LogP contribution >= 0.6 is 0 Å². The Morgan fingerprint density at radius 2 is 1.59 bits per heavy atom. The molecule has 3 amide bonds. The molecule has 3 N–H and O–H groups in total. The van der Waals surface area contributed by atoms with E-state index >= 15 is 0 Å². The van der Waals surface area contributed by atoms with Crippen LogP contribution in [-0.2, 0) is 11.2 Å². The molecule has 3 aromatic rings. The van der Waals surface area contributed by atoms with Gasteiger partial charge in [0.2, 0.25) is 17.6 Å². The summed E-state index contributed by atoms with van der Waals surface area (Å²) >= 11 is 0. The van der Waals surface area contributed by atoms with E-state index in [4.69, 9.17) is 4.52 Å². The van der Waals surface area contributed by atoms with Crippen LogP contribution in [0, 0.1) is 0 Å². The van der Waals surface area contributed by atoms with Crippen molar-refractivity contribution >= 4 is 23.3 Å². The van der Waals surface area contributed by atoms with Gasteiger partial charge in [-0.1, -0.05) is 55.4 Å². The van der Waals surface area contributed by atoms with Gasteiger partial charge < -0.3 is 20.5 Å². The molecule has 0 aliphatic rings. The van der Waals surface area contributed by atoms with E-state index < -0.39 is 0 Å². The van der Waals surface area contributed by atoms with E-state index in [9.17, 15) is 9.59 Å². The summed E-state index contributed by atoms with van der Waals surface area (Å²) in [7, 11) is 0. The molecule has 1 aromatic heterocycles. The number of aromatic nitrogens is 2. The number of anilines is 2. The molecular formula is C24H29N5O3. The molecule has 0 saturated carbocycles. The van der Waals surface area contributed by atoms with Gasteiger partial charge in [0.15, 0.2) is 0 Å². The van der Waals surface area contributed by atoms with Crippen molar-refractivity contribution in [1.82, 2.24) is 15.5 Å². The molecule has 0 fully saturated rings. The number of nitrogens with zero attached hydrogens (tertiary/aromatic N) is 2. The number of urea groups is 1. The molecule has 8 heteroatoms. The number of hydrogen-bond donors (Lipinski definition) is 3. The second-order valence-corrected chi connectivity index (χ2v) is 8.14. The first-order valence-corrected chi connectivity index (χ1v) is 10.7. The Hall–Kier alpha value is -3.68. The monoisotopic (exact) mass is 435 g/mol. The second-order valence-electron chi connectivity index (χ2n) is 8.14. The second kappa shape index (κ2) is 10.6. The maximum Gasteiger partial charge on any atom is 0.319 e. The Balaban J connectivity index is 1.56. The van der Waals surface area contributed by atoms with E-state index in [-0.39, 0.29) is 24.4 Å². The Kier molecular flexibility index (Phi) is 7.59. The largest absolute Gasteiger partial charge is 0.339 e. The van der Waals surface area contributed by atoms with E-state index in [1.807, 2.05) is 26.0 Å². The minimum Gasteiger partial charge on any atom is -0.339 e. The number of rotatable bonds is 8. The molecule has 0 aliphatic carbocycles. The first kappa shape index (κ1) is 23.0. The fraction of sp³-hybridized carbons (Fsp3) is 0.333. The molecule has 0 radical (unpaired) electrons. The molecule has 2 aromatic carbocycles. The Morgan fingerprint density at radius 1 is 0.938 bits per heavy atom. The molecule has 0 unspecified atom stereocenters. The van der Waals surface area contributed by atoms with Crippen LogP contribution in [0.5, 0.6) is 0 Å². The zero-order valence-electron chi connectivity index (χ0n) is 18.8. The number of carbonyl (C=O) groups is 2. The SMILES string of the molecule is CC(C)NC(=O)Nc1ccccc1NC(=O)CCc1nc(-c2ccc(C(C)C)cc2)no1. The summed E-state index contributed by atoms with van der Waals surface area (Å²) < 4.78 is 5.30. The zero-order valence-corrected chi connectivity index (χ0v) is 18.8. The number of aryl methyl sites for hydroxylation is 1. The lowest BCUT2D eigenvalue weighted by Gasteiger charge is -2.14. The van der Waals surface area contributed by atoms with Crippen LogP contribution in [0.2, 0.25) is 0 Å². The van der Waals surface area contributed by atoms with Crippen LogP contribution in [0.3, 0.4) is 0 Å². The van der Waals surface area contributed by atoms with Crippen molar-refractivity contribution in [2.45, 2.75) is 52.5 Å². The minimum absolute atomic E-state index is 0.00388. The summed E-state index contributed by atoms with van der Waals surface area (Å²) in [5.74, 6) is 1.13. The van der Waals surface area contributed by atoms with Gasteiger partial charge in [-0.15, -0.1) is 0 Å². The highest BCUT2D eigenvalue weighted by Gasteiger charge is 2.13. The van der Waals surface area contributed by atoms with Crippen molar-refractivity contribution in [1.29, 1.82) is 0 Å². The Labute approximate surface area is 187 Å². The number of hydrogen-bond acceptors (Lipinski definition) is 5. The van der Waals surface area contributed by atoms with Gasteiger partial charge in [-0.25, -0.2) is 4.79 Å². The first-order chi connectivity index (χ1) is 15.3. The lowest BCUT2D eigenvalue weighted by molar-refractivity contribution is -0.116. The van der Waals surface area contributed by atoms with E-state index in [1.165, 1.54) is 5.56 Å². The fourth-order valence-corrected chi connectivity index (χ4v) is 3.05.